The van der Waals surface area contributed by atoms with Crippen molar-refractivity contribution < 1.29 is 9.53 Å². The highest BCUT2D eigenvalue weighted by Crippen LogP contribution is 2.22. The lowest BCUT2D eigenvalue weighted by atomic mass is 9.96. The Hall–Kier alpha value is -2.08. The molecule has 0 aliphatic heterocycles. The number of carbonyl (C=O) groups excluding carboxylic acids is 1. The molecular weight excluding hydrogens is 202 g/mol. The fourth-order valence-electron chi connectivity index (χ4n) is 1.48. The van der Waals surface area contributed by atoms with Crippen molar-refractivity contribution in [2.75, 3.05) is 6.61 Å². The van der Waals surface area contributed by atoms with Crippen LogP contribution in [0, 0.1) is 11.3 Å². The van der Waals surface area contributed by atoms with E-state index in [4.69, 9.17) is 10.00 Å². The summed E-state index contributed by atoms with van der Waals surface area (Å²) in [4.78, 5) is 11.7. The molecule has 0 aliphatic rings. The molecule has 0 saturated heterocycles. The predicted octanol–water partition coefficient (Wildman–Crippen LogP) is 2.77. The summed E-state index contributed by atoms with van der Waals surface area (Å²) in [5, 5.41) is 8.96. The lowest BCUT2D eigenvalue weighted by molar-refractivity contribution is 0.0526. The van der Waals surface area contributed by atoms with Crippen LogP contribution in [0.15, 0.2) is 24.8 Å². The molecule has 16 heavy (non-hydrogen) atoms. The Kier molecular flexibility index (Phi) is 3.84. The molecular formula is C13H13NO2. The largest absolute Gasteiger partial charge is 0.462 e. The van der Waals surface area contributed by atoms with Gasteiger partial charge in [-0.1, -0.05) is 12.6 Å². The van der Waals surface area contributed by atoms with Gasteiger partial charge in [-0.15, -0.1) is 0 Å². The van der Waals surface area contributed by atoms with Gasteiger partial charge < -0.3 is 4.74 Å². The Morgan fingerprint density at radius 3 is 2.75 bits per heavy atom. The summed E-state index contributed by atoms with van der Waals surface area (Å²) in [7, 11) is 0. The predicted molar refractivity (Wildman–Crippen MR) is 61.8 cm³/mol. The first-order chi connectivity index (χ1) is 7.61. The van der Waals surface area contributed by atoms with Crippen molar-refractivity contribution in [1.29, 1.82) is 5.26 Å². The number of esters is 1. The molecule has 0 heterocycles. The van der Waals surface area contributed by atoms with Gasteiger partial charge in [-0.25, -0.2) is 4.79 Å². The second kappa shape index (κ2) is 5.13. The second-order valence-corrected chi connectivity index (χ2v) is 3.34. The van der Waals surface area contributed by atoms with E-state index in [1.165, 1.54) is 0 Å². The number of nitrogens with zero attached hydrogens (tertiary/aromatic N) is 1. The monoisotopic (exact) mass is 215 g/mol. The van der Waals surface area contributed by atoms with Crippen molar-refractivity contribution in [2.45, 2.75) is 13.8 Å². The molecule has 0 saturated carbocycles. The fourth-order valence-corrected chi connectivity index (χ4v) is 1.48. The topological polar surface area (TPSA) is 50.1 Å². The van der Waals surface area contributed by atoms with E-state index in [-0.39, 0.29) is 0 Å². The molecule has 1 aromatic carbocycles. The Labute approximate surface area is 95.0 Å². The van der Waals surface area contributed by atoms with Gasteiger partial charge in [0.05, 0.1) is 23.8 Å². The molecule has 0 aliphatic carbocycles. The third kappa shape index (κ3) is 2.29. The van der Waals surface area contributed by atoms with E-state index in [0.29, 0.717) is 28.9 Å². The second-order valence-electron chi connectivity index (χ2n) is 3.34. The van der Waals surface area contributed by atoms with E-state index < -0.39 is 5.97 Å². The van der Waals surface area contributed by atoms with Crippen LogP contribution in [0.4, 0.5) is 0 Å². The molecule has 3 heteroatoms. The maximum Gasteiger partial charge on any atom is 0.338 e. The first-order valence-electron chi connectivity index (χ1n) is 4.98. The van der Waals surface area contributed by atoms with E-state index >= 15 is 0 Å². The average molecular weight is 215 g/mol. The number of allylic oxidation sites excluding steroid dienone is 1. The molecule has 0 aromatic heterocycles. The lowest BCUT2D eigenvalue weighted by Crippen LogP contribution is -2.08. The van der Waals surface area contributed by atoms with E-state index in [9.17, 15) is 4.79 Å². The SMILES string of the molecule is C=C(C)c1c(C#N)cccc1C(=O)OCC. The van der Waals surface area contributed by atoms with Crippen LogP contribution >= 0.6 is 0 Å². The first kappa shape index (κ1) is 12.0. The number of nitriles is 1. The quantitative estimate of drug-likeness (QED) is 0.728. The van der Waals surface area contributed by atoms with Crippen LogP contribution in [-0.4, -0.2) is 12.6 Å². The summed E-state index contributed by atoms with van der Waals surface area (Å²) in [6.45, 7) is 7.59. The van der Waals surface area contributed by atoms with Gasteiger partial charge in [0.15, 0.2) is 0 Å². The Morgan fingerprint density at radius 1 is 1.56 bits per heavy atom. The number of ether oxygens (including phenoxy) is 1. The summed E-state index contributed by atoms with van der Waals surface area (Å²) in [5.74, 6) is -0.419. The molecule has 82 valence electrons. The fraction of sp³-hybridized carbons (Fsp3) is 0.231. The van der Waals surface area contributed by atoms with Crippen molar-refractivity contribution >= 4 is 11.5 Å². The highest BCUT2D eigenvalue weighted by atomic mass is 16.5. The molecule has 0 amide bonds. The molecule has 0 spiro atoms. The molecule has 0 unspecified atom stereocenters. The third-order valence-electron chi connectivity index (χ3n) is 2.11. The number of hydrogen-bond donors (Lipinski definition) is 0. The van der Waals surface area contributed by atoms with Crippen LogP contribution in [0.25, 0.3) is 5.57 Å². The number of hydrogen-bond acceptors (Lipinski definition) is 3. The lowest BCUT2D eigenvalue weighted by Gasteiger charge is -2.09. The average Bonchev–Trinajstić information content (AvgIpc) is 2.28. The van der Waals surface area contributed by atoms with Crippen LogP contribution in [0.3, 0.4) is 0 Å². The Morgan fingerprint density at radius 2 is 2.25 bits per heavy atom. The van der Waals surface area contributed by atoms with Crippen LogP contribution < -0.4 is 0 Å². The molecule has 0 fully saturated rings. The highest BCUT2D eigenvalue weighted by molar-refractivity contribution is 5.96. The molecule has 3 nitrogen and oxygen atoms in total. The summed E-state index contributed by atoms with van der Waals surface area (Å²) in [5.41, 5.74) is 2.09. The standard InChI is InChI=1S/C13H13NO2/c1-4-16-13(15)11-7-5-6-10(8-14)12(11)9(2)3/h5-7H,2,4H2,1,3H3. The van der Waals surface area contributed by atoms with Crippen molar-refractivity contribution in [2.24, 2.45) is 0 Å². The van der Waals surface area contributed by atoms with Crippen molar-refractivity contribution in [1.82, 2.24) is 0 Å². The Bertz CT molecular complexity index is 469. The normalized spacial score (nSPS) is 9.31. The van der Waals surface area contributed by atoms with Gasteiger partial charge in [0.1, 0.15) is 0 Å². The van der Waals surface area contributed by atoms with Gasteiger partial charge in [0.2, 0.25) is 0 Å². The van der Waals surface area contributed by atoms with Crippen molar-refractivity contribution in [3.63, 3.8) is 0 Å². The highest BCUT2D eigenvalue weighted by Gasteiger charge is 2.15. The van der Waals surface area contributed by atoms with Crippen LogP contribution in [0.1, 0.15) is 35.3 Å². The van der Waals surface area contributed by atoms with E-state index in [1.54, 1.807) is 32.0 Å². The minimum Gasteiger partial charge on any atom is -0.462 e. The smallest absolute Gasteiger partial charge is 0.338 e. The van der Waals surface area contributed by atoms with Gasteiger partial charge in [0.25, 0.3) is 0 Å². The van der Waals surface area contributed by atoms with Crippen molar-refractivity contribution in [3.05, 3.63) is 41.5 Å². The van der Waals surface area contributed by atoms with Gasteiger partial charge >= 0.3 is 5.97 Å². The molecule has 0 atom stereocenters. The maximum atomic E-state index is 11.7. The van der Waals surface area contributed by atoms with Crippen LogP contribution in [-0.2, 0) is 4.74 Å². The molecule has 0 bridgehead atoms. The first-order valence-corrected chi connectivity index (χ1v) is 4.98. The summed E-state index contributed by atoms with van der Waals surface area (Å²) in [6, 6.07) is 7.01. The summed E-state index contributed by atoms with van der Waals surface area (Å²) >= 11 is 0. The third-order valence-corrected chi connectivity index (χ3v) is 2.11. The number of rotatable bonds is 3. The molecule has 0 radical (unpaired) electrons. The zero-order chi connectivity index (χ0) is 12.1. The zero-order valence-corrected chi connectivity index (χ0v) is 9.41. The molecule has 1 rings (SSSR count). The van der Waals surface area contributed by atoms with E-state index in [0.717, 1.165) is 0 Å². The summed E-state index contributed by atoms with van der Waals surface area (Å²) < 4.78 is 4.93. The van der Waals surface area contributed by atoms with Crippen LogP contribution in [0.2, 0.25) is 0 Å². The van der Waals surface area contributed by atoms with Gasteiger partial charge in [0, 0.05) is 5.56 Å². The zero-order valence-electron chi connectivity index (χ0n) is 9.41. The Balaban J connectivity index is 3.34. The summed E-state index contributed by atoms with van der Waals surface area (Å²) in [6.07, 6.45) is 0. The van der Waals surface area contributed by atoms with Gasteiger partial charge in [-0.2, -0.15) is 5.26 Å². The minimum atomic E-state index is -0.419. The minimum absolute atomic E-state index is 0.311. The van der Waals surface area contributed by atoms with Crippen LogP contribution in [0.5, 0.6) is 0 Å². The van der Waals surface area contributed by atoms with E-state index in [2.05, 4.69) is 6.58 Å². The number of carbonyl (C=O) groups is 1. The van der Waals surface area contributed by atoms with Gasteiger partial charge in [-0.05, 0) is 31.6 Å². The molecule has 1 aromatic rings. The molecule has 0 N–H and O–H groups in total. The maximum absolute atomic E-state index is 11.7. The van der Waals surface area contributed by atoms with Gasteiger partial charge in [-0.3, -0.25) is 0 Å². The van der Waals surface area contributed by atoms with Crippen molar-refractivity contribution in [3.8, 4) is 6.07 Å². The number of benzene rings is 1. The van der Waals surface area contributed by atoms with E-state index in [1.807, 2.05) is 6.07 Å².